The molecule has 5 heteroatoms. The van der Waals surface area contributed by atoms with Crippen molar-refractivity contribution >= 4 is 16.8 Å². The molecule has 1 fully saturated rings. The maximum atomic E-state index is 12.8. The molecule has 3 aromatic rings. The smallest absolute Gasteiger partial charge is 0.227 e. The van der Waals surface area contributed by atoms with E-state index in [1.807, 2.05) is 41.4 Å². The lowest BCUT2D eigenvalue weighted by molar-refractivity contribution is -0.132. The van der Waals surface area contributed by atoms with E-state index < -0.39 is 0 Å². The summed E-state index contributed by atoms with van der Waals surface area (Å²) in [5, 5.41) is 1.15. The molecule has 1 saturated heterocycles. The quantitative estimate of drug-likeness (QED) is 0.671. The lowest BCUT2D eigenvalue weighted by Crippen LogP contribution is -2.49. The Balaban J connectivity index is 1.22. The predicted octanol–water partition coefficient (Wildman–Crippen LogP) is 3.50. The van der Waals surface area contributed by atoms with Crippen LogP contribution >= 0.6 is 0 Å². The van der Waals surface area contributed by atoms with Crippen LogP contribution in [0.15, 0.2) is 54.7 Å². The first kappa shape index (κ1) is 19.5. The second-order valence-electron chi connectivity index (χ2n) is 7.71. The topological polar surface area (TPSA) is 48.6 Å². The summed E-state index contributed by atoms with van der Waals surface area (Å²) in [5.74, 6) is 1.15. The lowest BCUT2D eigenvalue weighted by atomic mass is 10.1. The number of para-hydroxylation sites is 1. The van der Waals surface area contributed by atoms with Crippen LogP contribution < -0.4 is 4.74 Å². The number of nitrogens with zero attached hydrogens (tertiary/aromatic N) is 2. The molecule has 5 nitrogen and oxygen atoms in total. The standard InChI is InChI=1S/C24H29N3O2/c1-29-21-8-4-6-19(16-21)7-5-11-26-12-14-27(15-13-26)24(28)17-20-18-25-23-10-3-2-9-22(20)23/h2-4,6,8-10,16,18,25H,5,7,11-15,17H2,1H3. The van der Waals surface area contributed by atoms with Gasteiger partial charge in [-0.2, -0.15) is 0 Å². The van der Waals surface area contributed by atoms with Gasteiger partial charge in [0.2, 0.25) is 5.91 Å². The van der Waals surface area contributed by atoms with Gasteiger partial charge in [-0.05, 0) is 48.7 Å². The number of aromatic amines is 1. The zero-order chi connectivity index (χ0) is 20.1. The molecule has 2 aromatic carbocycles. The molecule has 0 bridgehead atoms. The fourth-order valence-electron chi connectivity index (χ4n) is 4.11. The van der Waals surface area contributed by atoms with Gasteiger partial charge in [-0.3, -0.25) is 9.69 Å². The number of H-pyrrole nitrogens is 1. The van der Waals surface area contributed by atoms with E-state index in [0.717, 1.165) is 67.8 Å². The van der Waals surface area contributed by atoms with Gasteiger partial charge in [0, 0.05) is 43.3 Å². The van der Waals surface area contributed by atoms with Crippen molar-refractivity contribution in [2.24, 2.45) is 0 Å². The third kappa shape index (κ3) is 4.80. The summed E-state index contributed by atoms with van der Waals surface area (Å²) in [6, 6.07) is 16.5. The number of carbonyl (C=O) groups excluding carboxylic acids is 1. The number of hydrogen-bond acceptors (Lipinski definition) is 3. The van der Waals surface area contributed by atoms with Gasteiger partial charge in [0.25, 0.3) is 0 Å². The van der Waals surface area contributed by atoms with Gasteiger partial charge in [-0.1, -0.05) is 30.3 Å². The Hall–Kier alpha value is -2.79. The second-order valence-corrected chi connectivity index (χ2v) is 7.71. The van der Waals surface area contributed by atoms with Gasteiger partial charge >= 0.3 is 0 Å². The molecule has 1 aromatic heterocycles. The Morgan fingerprint density at radius 3 is 2.72 bits per heavy atom. The fourth-order valence-corrected chi connectivity index (χ4v) is 4.11. The van der Waals surface area contributed by atoms with Crippen LogP contribution in [0.1, 0.15) is 17.5 Å². The van der Waals surface area contributed by atoms with E-state index in [1.54, 1.807) is 7.11 Å². The summed E-state index contributed by atoms with van der Waals surface area (Å²) in [5.41, 5.74) is 3.50. The number of hydrogen-bond donors (Lipinski definition) is 1. The average molecular weight is 392 g/mol. The molecule has 0 spiro atoms. The van der Waals surface area contributed by atoms with Crippen molar-refractivity contribution in [1.82, 2.24) is 14.8 Å². The van der Waals surface area contributed by atoms with Crippen molar-refractivity contribution in [3.63, 3.8) is 0 Å². The van der Waals surface area contributed by atoms with Crippen molar-refractivity contribution in [3.05, 3.63) is 65.9 Å². The minimum atomic E-state index is 0.228. The van der Waals surface area contributed by atoms with E-state index in [9.17, 15) is 4.79 Å². The molecular weight excluding hydrogens is 362 g/mol. The lowest BCUT2D eigenvalue weighted by Gasteiger charge is -2.34. The van der Waals surface area contributed by atoms with E-state index in [-0.39, 0.29) is 5.91 Å². The zero-order valence-electron chi connectivity index (χ0n) is 17.1. The first-order valence-corrected chi connectivity index (χ1v) is 10.4. The Morgan fingerprint density at radius 2 is 1.90 bits per heavy atom. The molecule has 2 heterocycles. The van der Waals surface area contributed by atoms with E-state index in [2.05, 4.69) is 28.1 Å². The highest BCUT2D eigenvalue weighted by molar-refractivity contribution is 5.88. The molecule has 0 atom stereocenters. The third-order valence-electron chi connectivity index (χ3n) is 5.82. The summed E-state index contributed by atoms with van der Waals surface area (Å²) in [6.07, 6.45) is 4.62. The number of aryl methyl sites for hydroxylation is 1. The minimum Gasteiger partial charge on any atom is -0.497 e. The van der Waals surface area contributed by atoms with Crippen molar-refractivity contribution in [2.45, 2.75) is 19.3 Å². The molecule has 1 N–H and O–H groups in total. The van der Waals surface area contributed by atoms with Crippen molar-refractivity contribution in [2.75, 3.05) is 39.8 Å². The van der Waals surface area contributed by atoms with Crippen LogP contribution in [-0.2, 0) is 17.6 Å². The molecule has 29 heavy (non-hydrogen) atoms. The van der Waals surface area contributed by atoms with Crippen LogP contribution in [0.4, 0.5) is 0 Å². The van der Waals surface area contributed by atoms with E-state index in [0.29, 0.717) is 6.42 Å². The molecular formula is C24H29N3O2. The summed E-state index contributed by atoms with van der Waals surface area (Å²) in [7, 11) is 1.71. The van der Waals surface area contributed by atoms with Crippen LogP contribution in [0, 0.1) is 0 Å². The van der Waals surface area contributed by atoms with Gasteiger partial charge in [0.1, 0.15) is 5.75 Å². The molecule has 0 aliphatic carbocycles. The fraction of sp³-hybridized carbons (Fsp3) is 0.375. The number of fused-ring (bicyclic) bond motifs is 1. The predicted molar refractivity (Wildman–Crippen MR) is 116 cm³/mol. The number of aromatic nitrogens is 1. The molecule has 4 rings (SSSR count). The Morgan fingerprint density at radius 1 is 1.07 bits per heavy atom. The van der Waals surface area contributed by atoms with Crippen molar-refractivity contribution in [3.8, 4) is 5.75 Å². The normalized spacial score (nSPS) is 15.0. The maximum absolute atomic E-state index is 12.8. The summed E-state index contributed by atoms with van der Waals surface area (Å²) in [4.78, 5) is 20.5. The minimum absolute atomic E-state index is 0.228. The number of ether oxygens (including phenoxy) is 1. The first-order chi connectivity index (χ1) is 14.2. The molecule has 0 unspecified atom stereocenters. The second kappa shape index (κ2) is 9.14. The summed E-state index contributed by atoms with van der Waals surface area (Å²) < 4.78 is 5.30. The van der Waals surface area contributed by atoms with Crippen molar-refractivity contribution < 1.29 is 9.53 Å². The maximum Gasteiger partial charge on any atom is 0.227 e. The molecule has 1 amide bonds. The van der Waals surface area contributed by atoms with E-state index in [4.69, 9.17) is 4.74 Å². The molecule has 0 saturated carbocycles. The third-order valence-corrected chi connectivity index (χ3v) is 5.82. The highest BCUT2D eigenvalue weighted by Crippen LogP contribution is 2.19. The number of benzene rings is 2. The highest BCUT2D eigenvalue weighted by Gasteiger charge is 2.21. The Bertz CT molecular complexity index is 957. The monoisotopic (exact) mass is 391 g/mol. The molecule has 1 aliphatic heterocycles. The summed E-state index contributed by atoms with van der Waals surface area (Å²) in [6.45, 7) is 4.62. The number of carbonyl (C=O) groups is 1. The SMILES string of the molecule is COc1cccc(CCCN2CCN(C(=O)Cc3c[nH]c4ccccc34)CC2)c1. The van der Waals surface area contributed by atoms with E-state index >= 15 is 0 Å². The van der Waals surface area contributed by atoms with Gasteiger partial charge in [0.15, 0.2) is 0 Å². The van der Waals surface area contributed by atoms with Crippen LogP contribution in [0.25, 0.3) is 10.9 Å². The average Bonchev–Trinajstić information content (AvgIpc) is 3.17. The van der Waals surface area contributed by atoms with Gasteiger partial charge in [-0.15, -0.1) is 0 Å². The van der Waals surface area contributed by atoms with Crippen molar-refractivity contribution in [1.29, 1.82) is 0 Å². The number of piperazine rings is 1. The summed E-state index contributed by atoms with van der Waals surface area (Å²) >= 11 is 0. The van der Waals surface area contributed by atoms with Gasteiger partial charge in [-0.25, -0.2) is 0 Å². The van der Waals surface area contributed by atoms with Crippen LogP contribution in [0.3, 0.4) is 0 Å². The van der Waals surface area contributed by atoms with Crippen LogP contribution in [-0.4, -0.2) is 60.5 Å². The zero-order valence-corrected chi connectivity index (χ0v) is 17.1. The number of amides is 1. The Kier molecular flexibility index (Phi) is 6.15. The van der Waals surface area contributed by atoms with Gasteiger partial charge in [0.05, 0.1) is 13.5 Å². The molecule has 0 radical (unpaired) electrons. The highest BCUT2D eigenvalue weighted by atomic mass is 16.5. The Labute approximate surface area is 172 Å². The van der Waals surface area contributed by atoms with Gasteiger partial charge < -0.3 is 14.6 Å². The molecule has 1 aliphatic rings. The largest absolute Gasteiger partial charge is 0.497 e. The van der Waals surface area contributed by atoms with Crippen LogP contribution in [0.2, 0.25) is 0 Å². The number of nitrogens with one attached hydrogen (secondary N) is 1. The van der Waals surface area contributed by atoms with Crippen LogP contribution in [0.5, 0.6) is 5.75 Å². The first-order valence-electron chi connectivity index (χ1n) is 10.4. The number of methoxy groups -OCH3 is 1. The molecule has 152 valence electrons. The number of rotatable bonds is 7. The van der Waals surface area contributed by atoms with E-state index in [1.165, 1.54) is 5.56 Å².